The summed E-state index contributed by atoms with van der Waals surface area (Å²) in [6.07, 6.45) is 0.899. The average molecular weight is 278 g/mol. The zero-order chi connectivity index (χ0) is 13.7. The van der Waals surface area contributed by atoms with E-state index in [4.69, 9.17) is 11.6 Å². The molecule has 2 aromatic carbocycles. The minimum atomic E-state index is -0.158. The summed E-state index contributed by atoms with van der Waals surface area (Å²) in [5.41, 5.74) is 1.93. The Hall–Kier alpha value is -1.38. The standard InChI is InChI=1S/C16H17ClFN/c1-12(15-4-2-3-5-16(15)18)19-11-10-13-6-8-14(17)9-7-13/h2-9,12,19H,10-11H2,1H3. The third-order valence-electron chi connectivity index (χ3n) is 3.15. The minimum absolute atomic E-state index is 0.00787. The molecule has 19 heavy (non-hydrogen) atoms. The van der Waals surface area contributed by atoms with Crippen LogP contribution in [0.15, 0.2) is 48.5 Å². The van der Waals surface area contributed by atoms with Crippen LogP contribution in [0.4, 0.5) is 4.39 Å². The molecular formula is C16H17ClFN. The van der Waals surface area contributed by atoms with Gasteiger partial charge in [0.2, 0.25) is 0 Å². The second-order valence-corrected chi connectivity index (χ2v) is 5.01. The molecule has 1 atom stereocenters. The highest BCUT2D eigenvalue weighted by Gasteiger charge is 2.08. The van der Waals surface area contributed by atoms with Crippen LogP contribution >= 0.6 is 11.6 Å². The highest BCUT2D eigenvalue weighted by atomic mass is 35.5. The molecule has 2 rings (SSSR count). The van der Waals surface area contributed by atoms with Gasteiger partial charge in [-0.15, -0.1) is 0 Å². The van der Waals surface area contributed by atoms with Gasteiger partial charge in [0.05, 0.1) is 0 Å². The highest BCUT2D eigenvalue weighted by Crippen LogP contribution is 2.16. The number of rotatable bonds is 5. The van der Waals surface area contributed by atoms with Crippen molar-refractivity contribution in [2.45, 2.75) is 19.4 Å². The normalized spacial score (nSPS) is 12.4. The summed E-state index contributed by atoms with van der Waals surface area (Å²) in [4.78, 5) is 0. The van der Waals surface area contributed by atoms with Crippen molar-refractivity contribution in [1.82, 2.24) is 5.32 Å². The van der Waals surface area contributed by atoms with E-state index in [0.717, 1.165) is 18.0 Å². The smallest absolute Gasteiger partial charge is 0.127 e. The predicted octanol–water partition coefficient (Wildman–Crippen LogP) is 4.37. The Morgan fingerprint density at radius 2 is 1.79 bits per heavy atom. The van der Waals surface area contributed by atoms with Crippen molar-refractivity contribution in [1.29, 1.82) is 0 Å². The summed E-state index contributed by atoms with van der Waals surface area (Å²) in [6, 6.07) is 14.7. The lowest BCUT2D eigenvalue weighted by Crippen LogP contribution is -2.22. The van der Waals surface area contributed by atoms with E-state index in [1.165, 1.54) is 11.6 Å². The van der Waals surface area contributed by atoms with Gasteiger partial charge in [-0.25, -0.2) is 4.39 Å². The Kier molecular flexibility index (Phi) is 4.94. The summed E-state index contributed by atoms with van der Waals surface area (Å²) in [7, 11) is 0. The molecule has 0 aliphatic rings. The lowest BCUT2D eigenvalue weighted by Gasteiger charge is -2.15. The minimum Gasteiger partial charge on any atom is -0.310 e. The second-order valence-electron chi connectivity index (χ2n) is 4.57. The second kappa shape index (κ2) is 6.69. The Bertz CT molecular complexity index is 525. The zero-order valence-corrected chi connectivity index (χ0v) is 11.6. The van der Waals surface area contributed by atoms with Crippen molar-refractivity contribution in [3.63, 3.8) is 0 Å². The van der Waals surface area contributed by atoms with E-state index >= 15 is 0 Å². The molecule has 3 heteroatoms. The molecule has 0 spiro atoms. The Labute approximate surface area is 118 Å². The zero-order valence-electron chi connectivity index (χ0n) is 10.9. The SMILES string of the molecule is CC(NCCc1ccc(Cl)cc1)c1ccccc1F. The van der Waals surface area contributed by atoms with E-state index in [1.807, 2.05) is 43.3 Å². The number of halogens is 2. The maximum absolute atomic E-state index is 13.6. The van der Waals surface area contributed by atoms with E-state index < -0.39 is 0 Å². The molecule has 0 saturated heterocycles. The van der Waals surface area contributed by atoms with Crippen LogP contribution in [-0.2, 0) is 6.42 Å². The van der Waals surface area contributed by atoms with E-state index in [1.54, 1.807) is 6.07 Å². The van der Waals surface area contributed by atoms with Gasteiger partial charge in [-0.2, -0.15) is 0 Å². The van der Waals surface area contributed by atoms with Crippen molar-refractivity contribution in [2.24, 2.45) is 0 Å². The molecule has 2 aromatic rings. The molecule has 1 N–H and O–H groups in total. The molecule has 1 unspecified atom stereocenters. The van der Waals surface area contributed by atoms with Gasteiger partial charge in [-0.05, 0) is 43.7 Å². The van der Waals surface area contributed by atoms with Gasteiger partial charge in [0, 0.05) is 16.6 Å². The maximum Gasteiger partial charge on any atom is 0.127 e. The van der Waals surface area contributed by atoms with Crippen molar-refractivity contribution in [3.8, 4) is 0 Å². The van der Waals surface area contributed by atoms with Crippen LogP contribution in [0.2, 0.25) is 5.02 Å². The predicted molar refractivity (Wildman–Crippen MR) is 78.0 cm³/mol. The van der Waals surface area contributed by atoms with Gasteiger partial charge >= 0.3 is 0 Å². The highest BCUT2D eigenvalue weighted by molar-refractivity contribution is 6.30. The Morgan fingerprint density at radius 1 is 1.11 bits per heavy atom. The van der Waals surface area contributed by atoms with Gasteiger partial charge in [-0.3, -0.25) is 0 Å². The fraction of sp³-hybridized carbons (Fsp3) is 0.250. The van der Waals surface area contributed by atoms with E-state index in [0.29, 0.717) is 5.56 Å². The van der Waals surface area contributed by atoms with Crippen LogP contribution in [0.5, 0.6) is 0 Å². The summed E-state index contributed by atoms with van der Waals surface area (Å²) in [6.45, 7) is 2.78. The molecule has 0 radical (unpaired) electrons. The molecule has 0 saturated carbocycles. The molecule has 0 fully saturated rings. The number of hydrogen-bond donors (Lipinski definition) is 1. The first-order valence-corrected chi connectivity index (χ1v) is 6.77. The molecule has 1 nitrogen and oxygen atoms in total. The topological polar surface area (TPSA) is 12.0 Å². The third kappa shape index (κ3) is 4.05. The fourth-order valence-corrected chi connectivity index (χ4v) is 2.15. The molecule has 0 amide bonds. The first kappa shape index (κ1) is 14.0. The van der Waals surface area contributed by atoms with Gasteiger partial charge in [0.25, 0.3) is 0 Å². The van der Waals surface area contributed by atoms with Crippen molar-refractivity contribution < 1.29 is 4.39 Å². The van der Waals surface area contributed by atoms with Crippen LogP contribution in [0.25, 0.3) is 0 Å². The van der Waals surface area contributed by atoms with Gasteiger partial charge < -0.3 is 5.32 Å². The van der Waals surface area contributed by atoms with E-state index in [-0.39, 0.29) is 11.9 Å². The molecule has 0 bridgehead atoms. The van der Waals surface area contributed by atoms with Gasteiger partial charge in [0.15, 0.2) is 0 Å². The monoisotopic (exact) mass is 277 g/mol. The van der Waals surface area contributed by atoms with Gasteiger partial charge in [-0.1, -0.05) is 41.9 Å². The number of nitrogens with one attached hydrogen (secondary N) is 1. The van der Waals surface area contributed by atoms with Crippen LogP contribution < -0.4 is 5.32 Å². The van der Waals surface area contributed by atoms with Crippen molar-refractivity contribution in [2.75, 3.05) is 6.54 Å². The van der Waals surface area contributed by atoms with Crippen LogP contribution in [-0.4, -0.2) is 6.54 Å². The van der Waals surface area contributed by atoms with Crippen molar-refractivity contribution >= 4 is 11.6 Å². The molecular weight excluding hydrogens is 261 g/mol. The average Bonchev–Trinajstić information content (AvgIpc) is 2.41. The number of hydrogen-bond acceptors (Lipinski definition) is 1. The van der Waals surface area contributed by atoms with E-state index in [9.17, 15) is 4.39 Å². The quantitative estimate of drug-likeness (QED) is 0.856. The lowest BCUT2D eigenvalue weighted by molar-refractivity contribution is 0.531. The van der Waals surface area contributed by atoms with Crippen LogP contribution in [0.3, 0.4) is 0 Å². The maximum atomic E-state index is 13.6. The lowest BCUT2D eigenvalue weighted by atomic mass is 10.1. The fourth-order valence-electron chi connectivity index (χ4n) is 2.02. The van der Waals surface area contributed by atoms with Gasteiger partial charge in [0.1, 0.15) is 5.82 Å². The molecule has 0 aliphatic carbocycles. The molecule has 0 aliphatic heterocycles. The largest absolute Gasteiger partial charge is 0.310 e. The van der Waals surface area contributed by atoms with E-state index in [2.05, 4.69) is 5.32 Å². The Balaban J connectivity index is 1.86. The first-order chi connectivity index (χ1) is 9.16. The third-order valence-corrected chi connectivity index (χ3v) is 3.40. The van der Waals surface area contributed by atoms with Crippen LogP contribution in [0.1, 0.15) is 24.1 Å². The van der Waals surface area contributed by atoms with Crippen molar-refractivity contribution in [3.05, 3.63) is 70.5 Å². The number of benzene rings is 2. The molecule has 0 heterocycles. The summed E-state index contributed by atoms with van der Waals surface area (Å²) in [5, 5.41) is 4.08. The summed E-state index contributed by atoms with van der Waals surface area (Å²) >= 11 is 5.84. The summed E-state index contributed by atoms with van der Waals surface area (Å²) < 4.78 is 13.6. The Morgan fingerprint density at radius 3 is 2.47 bits per heavy atom. The molecule has 0 aromatic heterocycles. The summed E-state index contributed by atoms with van der Waals surface area (Å²) in [5.74, 6) is -0.158. The first-order valence-electron chi connectivity index (χ1n) is 6.39. The van der Waals surface area contributed by atoms with Crippen LogP contribution in [0, 0.1) is 5.82 Å². The molecule has 100 valence electrons.